The topological polar surface area (TPSA) is 49.8 Å². The zero-order chi connectivity index (χ0) is 13.7. The van der Waals surface area contributed by atoms with Gasteiger partial charge in [-0.1, -0.05) is 12.1 Å². The predicted octanol–water partition coefficient (Wildman–Crippen LogP) is 2.04. The van der Waals surface area contributed by atoms with Crippen LogP contribution in [-0.2, 0) is 4.79 Å². The lowest BCUT2D eigenvalue weighted by Crippen LogP contribution is -2.29. The van der Waals surface area contributed by atoms with Crippen LogP contribution in [0.2, 0.25) is 0 Å². The lowest BCUT2D eigenvalue weighted by molar-refractivity contribution is -0.128. The van der Waals surface area contributed by atoms with Gasteiger partial charge in [-0.3, -0.25) is 4.79 Å². The van der Waals surface area contributed by atoms with Crippen LogP contribution < -0.4 is 4.74 Å². The second-order valence-corrected chi connectivity index (χ2v) is 5.40. The average Bonchev–Trinajstić information content (AvgIpc) is 2.79. The number of carbonyl (C=O) groups is 1. The van der Waals surface area contributed by atoms with E-state index in [1.807, 2.05) is 36.1 Å². The number of benzene rings is 1. The molecule has 104 valence electrons. The van der Waals surface area contributed by atoms with E-state index in [1.165, 1.54) is 0 Å². The highest BCUT2D eigenvalue weighted by atomic mass is 32.2. The third kappa shape index (κ3) is 3.42. The summed E-state index contributed by atoms with van der Waals surface area (Å²) in [6.07, 6.45) is 0.625. The molecule has 1 saturated heterocycles. The van der Waals surface area contributed by atoms with Gasteiger partial charge in [-0.2, -0.15) is 0 Å². The molecule has 2 rings (SSSR count). The highest BCUT2D eigenvalue weighted by Crippen LogP contribution is 2.38. The van der Waals surface area contributed by atoms with E-state index < -0.39 is 0 Å². The maximum absolute atomic E-state index is 11.8. The fourth-order valence-corrected chi connectivity index (χ4v) is 3.33. The first kappa shape index (κ1) is 14.2. The summed E-state index contributed by atoms with van der Waals surface area (Å²) in [5.74, 6) is 1.52. The largest absolute Gasteiger partial charge is 0.494 e. The van der Waals surface area contributed by atoms with Crippen LogP contribution in [0.5, 0.6) is 5.75 Å². The Kier molecular flexibility index (Phi) is 5.10. The maximum atomic E-state index is 11.8. The van der Waals surface area contributed by atoms with Crippen molar-refractivity contribution in [3.8, 4) is 5.75 Å². The first-order valence-corrected chi connectivity index (χ1v) is 7.56. The van der Waals surface area contributed by atoms with Gasteiger partial charge in [0.25, 0.3) is 0 Å². The third-order valence-electron chi connectivity index (χ3n) is 3.00. The molecule has 0 spiro atoms. The van der Waals surface area contributed by atoms with Gasteiger partial charge >= 0.3 is 0 Å². The summed E-state index contributed by atoms with van der Waals surface area (Å²) < 4.78 is 5.42. The molecular weight excluding hydrogens is 262 g/mol. The molecule has 4 nitrogen and oxygen atoms in total. The Morgan fingerprint density at radius 1 is 1.42 bits per heavy atom. The summed E-state index contributed by atoms with van der Waals surface area (Å²) in [5.41, 5.74) is 1.11. The fourth-order valence-electron chi connectivity index (χ4n) is 2.11. The number of hydrogen-bond acceptors (Lipinski definition) is 4. The van der Waals surface area contributed by atoms with Crippen LogP contribution in [0, 0.1) is 0 Å². The van der Waals surface area contributed by atoms with Crippen molar-refractivity contribution in [1.82, 2.24) is 4.90 Å². The molecule has 1 aliphatic rings. The highest BCUT2D eigenvalue weighted by molar-refractivity contribution is 8.00. The molecule has 5 heteroatoms. The van der Waals surface area contributed by atoms with Crippen molar-refractivity contribution in [2.75, 3.05) is 25.5 Å². The SMILES string of the molecule is CCOc1ccc(C2SCC(=O)N2CCCO)cc1. The van der Waals surface area contributed by atoms with Crippen LogP contribution in [0.3, 0.4) is 0 Å². The van der Waals surface area contributed by atoms with Crippen molar-refractivity contribution in [2.45, 2.75) is 18.7 Å². The molecular formula is C14H19NO3S. The van der Waals surface area contributed by atoms with Crippen molar-refractivity contribution in [2.24, 2.45) is 0 Å². The Bertz CT molecular complexity index is 421. The summed E-state index contributed by atoms with van der Waals surface area (Å²) >= 11 is 1.64. The first-order valence-electron chi connectivity index (χ1n) is 6.51. The van der Waals surface area contributed by atoms with Gasteiger partial charge in [0.2, 0.25) is 5.91 Å². The highest BCUT2D eigenvalue weighted by Gasteiger charge is 2.32. The van der Waals surface area contributed by atoms with Crippen LogP contribution in [0.1, 0.15) is 24.3 Å². The molecule has 1 fully saturated rings. The van der Waals surface area contributed by atoms with Crippen LogP contribution in [0.25, 0.3) is 0 Å². The van der Waals surface area contributed by atoms with E-state index in [9.17, 15) is 4.79 Å². The molecule has 0 aromatic heterocycles. The summed E-state index contributed by atoms with van der Waals surface area (Å²) in [4.78, 5) is 13.7. The Balaban J connectivity index is 2.08. The quantitative estimate of drug-likeness (QED) is 0.867. The van der Waals surface area contributed by atoms with Crippen LogP contribution in [0.4, 0.5) is 0 Å². The minimum atomic E-state index is 0.0646. The molecule has 19 heavy (non-hydrogen) atoms. The van der Waals surface area contributed by atoms with E-state index in [-0.39, 0.29) is 17.9 Å². The summed E-state index contributed by atoms with van der Waals surface area (Å²) in [5, 5.41) is 8.97. The van der Waals surface area contributed by atoms with E-state index >= 15 is 0 Å². The predicted molar refractivity (Wildman–Crippen MR) is 76.2 cm³/mol. The van der Waals surface area contributed by atoms with Gasteiger partial charge in [-0.25, -0.2) is 0 Å². The summed E-state index contributed by atoms with van der Waals surface area (Å²) in [7, 11) is 0. The van der Waals surface area contributed by atoms with Gasteiger partial charge in [0, 0.05) is 13.2 Å². The third-order valence-corrected chi connectivity index (χ3v) is 4.26. The smallest absolute Gasteiger partial charge is 0.233 e. The van der Waals surface area contributed by atoms with E-state index in [2.05, 4.69) is 0 Å². The molecule has 1 N–H and O–H groups in total. The van der Waals surface area contributed by atoms with Crippen molar-refractivity contribution in [3.05, 3.63) is 29.8 Å². The number of nitrogens with zero attached hydrogens (tertiary/aromatic N) is 1. The van der Waals surface area contributed by atoms with Crippen molar-refractivity contribution >= 4 is 17.7 Å². The molecule has 1 aromatic rings. The molecule has 1 atom stereocenters. The number of amides is 1. The zero-order valence-electron chi connectivity index (χ0n) is 11.0. The van der Waals surface area contributed by atoms with Crippen LogP contribution in [-0.4, -0.2) is 41.4 Å². The number of rotatable bonds is 6. The van der Waals surface area contributed by atoms with E-state index in [4.69, 9.17) is 9.84 Å². The Morgan fingerprint density at radius 3 is 2.79 bits per heavy atom. The van der Waals surface area contributed by atoms with Gasteiger partial charge in [0.1, 0.15) is 11.1 Å². The molecule has 0 saturated carbocycles. The van der Waals surface area contributed by atoms with Crippen molar-refractivity contribution in [3.63, 3.8) is 0 Å². The van der Waals surface area contributed by atoms with Gasteiger partial charge in [0.05, 0.1) is 12.4 Å². The number of thioether (sulfide) groups is 1. The zero-order valence-corrected chi connectivity index (χ0v) is 11.9. The summed E-state index contributed by atoms with van der Waals surface area (Å²) in [6.45, 7) is 3.33. The number of carbonyl (C=O) groups excluding carboxylic acids is 1. The van der Waals surface area contributed by atoms with E-state index in [0.29, 0.717) is 25.3 Å². The molecule has 0 radical (unpaired) electrons. The minimum absolute atomic E-state index is 0.0646. The second kappa shape index (κ2) is 6.82. The Hall–Kier alpha value is -1.20. The number of aliphatic hydroxyl groups is 1. The van der Waals surface area contributed by atoms with Crippen molar-refractivity contribution in [1.29, 1.82) is 0 Å². The van der Waals surface area contributed by atoms with Crippen LogP contribution >= 0.6 is 11.8 Å². The van der Waals surface area contributed by atoms with Gasteiger partial charge in [-0.05, 0) is 31.0 Å². The molecule has 0 bridgehead atoms. The molecule has 1 aromatic carbocycles. The Labute approximate surface area is 117 Å². The number of hydrogen-bond donors (Lipinski definition) is 1. The monoisotopic (exact) mass is 281 g/mol. The lowest BCUT2D eigenvalue weighted by Gasteiger charge is -2.24. The Morgan fingerprint density at radius 2 is 2.16 bits per heavy atom. The summed E-state index contributed by atoms with van der Waals surface area (Å²) in [6, 6.07) is 7.89. The standard InChI is InChI=1S/C14H19NO3S/c1-2-18-12-6-4-11(5-7-12)14-15(8-3-9-16)13(17)10-19-14/h4-7,14,16H,2-3,8-10H2,1H3. The van der Waals surface area contributed by atoms with Crippen molar-refractivity contribution < 1.29 is 14.6 Å². The minimum Gasteiger partial charge on any atom is -0.494 e. The van der Waals surface area contributed by atoms with E-state index in [0.717, 1.165) is 11.3 Å². The average molecular weight is 281 g/mol. The van der Waals surface area contributed by atoms with Gasteiger partial charge in [0.15, 0.2) is 0 Å². The molecule has 1 heterocycles. The molecule has 1 unspecified atom stereocenters. The molecule has 0 aliphatic carbocycles. The normalized spacial score (nSPS) is 18.9. The molecule has 1 aliphatic heterocycles. The van der Waals surface area contributed by atoms with Gasteiger partial charge < -0.3 is 14.7 Å². The second-order valence-electron chi connectivity index (χ2n) is 4.33. The van der Waals surface area contributed by atoms with E-state index in [1.54, 1.807) is 11.8 Å². The fraction of sp³-hybridized carbons (Fsp3) is 0.500. The van der Waals surface area contributed by atoms with Crippen LogP contribution in [0.15, 0.2) is 24.3 Å². The number of ether oxygens (including phenoxy) is 1. The maximum Gasteiger partial charge on any atom is 0.233 e. The van der Waals surface area contributed by atoms with Gasteiger partial charge in [-0.15, -0.1) is 11.8 Å². The number of aliphatic hydroxyl groups excluding tert-OH is 1. The lowest BCUT2D eigenvalue weighted by atomic mass is 10.2. The molecule has 1 amide bonds. The first-order chi connectivity index (χ1) is 9.26.